The Morgan fingerprint density at radius 2 is 2.12 bits per heavy atom. The van der Waals surface area contributed by atoms with Gasteiger partial charge in [0.2, 0.25) is 0 Å². The number of benzene rings is 1. The number of carbonyl (C=O) groups excluding carboxylic acids is 1. The van der Waals surface area contributed by atoms with Crippen molar-refractivity contribution >= 4 is 27.3 Å². The summed E-state index contributed by atoms with van der Waals surface area (Å²) in [5.41, 5.74) is 2.34. The molecule has 1 N–H and O–H groups in total. The lowest BCUT2D eigenvalue weighted by molar-refractivity contribution is 0.0364. The smallest absolute Gasteiger partial charge is 0.274 e. The maximum absolute atomic E-state index is 11.5. The van der Waals surface area contributed by atoms with Crippen LogP contribution in [0, 0.1) is 0 Å². The molecule has 1 rings (SSSR count). The topological polar surface area (TPSA) is 72.5 Å². The Morgan fingerprint density at radius 3 is 2.65 bits per heavy atom. The van der Waals surface area contributed by atoms with Gasteiger partial charge >= 0.3 is 0 Å². The minimum atomic E-state index is -3.46. The zero-order chi connectivity index (χ0) is 13.1. The van der Waals surface area contributed by atoms with Crippen molar-refractivity contribution in [3.63, 3.8) is 0 Å². The molecule has 0 saturated carbocycles. The van der Waals surface area contributed by atoms with Gasteiger partial charge in [0.15, 0.2) is 9.84 Å². The molecule has 0 fully saturated rings. The Balaban J connectivity index is 3.09. The lowest BCUT2D eigenvalue weighted by Crippen LogP contribution is -2.23. The molecule has 0 saturated heterocycles. The molecule has 7 heteroatoms. The fourth-order valence-electron chi connectivity index (χ4n) is 1.13. The highest BCUT2D eigenvalue weighted by molar-refractivity contribution is 7.90. The van der Waals surface area contributed by atoms with Crippen molar-refractivity contribution in [1.82, 2.24) is 5.48 Å². The Labute approximate surface area is 105 Å². The van der Waals surface area contributed by atoms with Crippen molar-refractivity contribution in [2.24, 2.45) is 0 Å². The summed E-state index contributed by atoms with van der Waals surface area (Å²) in [7, 11) is -3.46. The molecule has 5 nitrogen and oxygen atoms in total. The quantitative estimate of drug-likeness (QED) is 0.845. The van der Waals surface area contributed by atoms with Gasteiger partial charge < -0.3 is 0 Å². The SMILES string of the molecule is CCONC(=O)c1ccc(Cl)c(S(C)(=O)=O)c1. The van der Waals surface area contributed by atoms with Crippen LogP contribution in [0.15, 0.2) is 23.1 Å². The van der Waals surface area contributed by atoms with Crippen LogP contribution < -0.4 is 5.48 Å². The van der Waals surface area contributed by atoms with Crippen LogP contribution in [0.4, 0.5) is 0 Å². The second-order valence-corrected chi connectivity index (χ2v) is 5.67. The van der Waals surface area contributed by atoms with E-state index in [1.165, 1.54) is 18.2 Å². The van der Waals surface area contributed by atoms with Crippen LogP contribution in [-0.2, 0) is 14.7 Å². The van der Waals surface area contributed by atoms with E-state index in [4.69, 9.17) is 16.4 Å². The van der Waals surface area contributed by atoms with Crippen molar-refractivity contribution < 1.29 is 18.0 Å². The number of carbonyl (C=O) groups is 1. The van der Waals surface area contributed by atoms with Crippen molar-refractivity contribution in [3.8, 4) is 0 Å². The summed E-state index contributed by atoms with van der Waals surface area (Å²) in [4.78, 5) is 16.2. The van der Waals surface area contributed by atoms with Crippen molar-refractivity contribution in [3.05, 3.63) is 28.8 Å². The second-order valence-electron chi connectivity index (χ2n) is 3.28. The predicted octanol–water partition coefficient (Wildman–Crippen LogP) is 1.42. The molecule has 1 amide bonds. The normalized spacial score (nSPS) is 11.2. The molecule has 0 heterocycles. The number of rotatable bonds is 4. The van der Waals surface area contributed by atoms with Crippen LogP contribution in [0.2, 0.25) is 5.02 Å². The van der Waals surface area contributed by atoms with E-state index in [0.29, 0.717) is 6.61 Å². The maximum Gasteiger partial charge on any atom is 0.274 e. The summed E-state index contributed by atoms with van der Waals surface area (Å²) < 4.78 is 22.8. The zero-order valence-electron chi connectivity index (χ0n) is 9.36. The molecule has 0 spiro atoms. The van der Waals surface area contributed by atoms with Gasteiger partial charge in [-0.3, -0.25) is 9.63 Å². The van der Waals surface area contributed by atoms with Gasteiger partial charge in [0.05, 0.1) is 16.5 Å². The number of amides is 1. The van der Waals surface area contributed by atoms with E-state index < -0.39 is 15.7 Å². The average molecular weight is 278 g/mol. The lowest BCUT2D eigenvalue weighted by Gasteiger charge is -2.06. The molecule has 0 aliphatic rings. The summed E-state index contributed by atoms with van der Waals surface area (Å²) in [5.74, 6) is -0.520. The molecule has 94 valence electrons. The van der Waals surface area contributed by atoms with E-state index in [1.807, 2.05) is 0 Å². The third-order valence-corrected chi connectivity index (χ3v) is 3.48. The maximum atomic E-state index is 11.5. The number of hydrogen-bond acceptors (Lipinski definition) is 4. The minimum absolute atomic E-state index is 0.0803. The van der Waals surface area contributed by atoms with E-state index in [-0.39, 0.29) is 15.5 Å². The second kappa shape index (κ2) is 5.48. The monoisotopic (exact) mass is 277 g/mol. The standard InChI is InChI=1S/C10H12ClNO4S/c1-3-16-12-10(13)7-4-5-8(11)9(6-7)17(2,14)15/h4-6H,3H2,1-2H3,(H,12,13). The number of sulfone groups is 1. The molecular weight excluding hydrogens is 266 g/mol. The van der Waals surface area contributed by atoms with Crippen LogP contribution in [-0.4, -0.2) is 27.2 Å². The molecule has 0 aliphatic heterocycles. The first-order valence-corrected chi connectivity index (χ1v) is 7.05. The minimum Gasteiger partial charge on any atom is -0.274 e. The molecule has 17 heavy (non-hydrogen) atoms. The van der Waals surface area contributed by atoms with Gasteiger partial charge in [-0.15, -0.1) is 0 Å². The van der Waals surface area contributed by atoms with Gasteiger partial charge in [-0.25, -0.2) is 13.9 Å². The first-order valence-electron chi connectivity index (χ1n) is 4.78. The molecular formula is C10H12ClNO4S. The highest BCUT2D eigenvalue weighted by atomic mass is 35.5. The summed E-state index contributed by atoms with van der Waals surface area (Å²) in [5, 5.41) is 0.0838. The Bertz CT molecular complexity index is 527. The van der Waals surface area contributed by atoms with Gasteiger partial charge in [-0.05, 0) is 25.1 Å². The number of nitrogens with one attached hydrogen (secondary N) is 1. The third-order valence-electron chi connectivity index (χ3n) is 1.90. The van der Waals surface area contributed by atoms with Crippen LogP contribution in [0.1, 0.15) is 17.3 Å². The summed E-state index contributed by atoms with van der Waals surface area (Å²) in [6.45, 7) is 2.03. The number of halogens is 1. The van der Waals surface area contributed by atoms with Gasteiger partial charge in [-0.2, -0.15) is 0 Å². The molecule has 1 aromatic carbocycles. The van der Waals surface area contributed by atoms with Crippen molar-refractivity contribution in [1.29, 1.82) is 0 Å². The van der Waals surface area contributed by atoms with E-state index in [9.17, 15) is 13.2 Å². The van der Waals surface area contributed by atoms with Gasteiger partial charge in [-0.1, -0.05) is 11.6 Å². The lowest BCUT2D eigenvalue weighted by atomic mass is 10.2. The predicted molar refractivity (Wildman–Crippen MR) is 63.7 cm³/mol. The zero-order valence-corrected chi connectivity index (χ0v) is 10.9. The molecule has 0 aromatic heterocycles. The summed E-state index contributed by atoms with van der Waals surface area (Å²) >= 11 is 5.75. The first-order chi connectivity index (χ1) is 7.86. The van der Waals surface area contributed by atoms with Gasteiger partial charge in [0.25, 0.3) is 5.91 Å². The van der Waals surface area contributed by atoms with Crippen LogP contribution in [0.5, 0.6) is 0 Å². The van der Waals surface area contributed by atoms with Gasteiger partial charge in [0, 0.05) is 11.8 Å². The van der Waals surface area contributed by atoms with E-state index in [0.717, 1.165) is 6.26 Å². The van der Waals surface area contributed by atoms with E-state index >= 15 is 0 Å². The van der Waals surface area contributed by atoms with Crippen molar-refractivity contribution in [2.75, 3.05) is 12.9 Å². The Morgan fingerprint density at radius 1 is 1.47 bits per heavy atom. The molecule has 0 radical (unpaired) electrons. The average Bonchev–Trinajstić information content (AvgIpc) is 2.25. The molecule has 0 aliphatic carbocycles. The molecule has 1 aromatic rings. The van der Waals surface area contributed by atoms with Gasteiger partial charge in [0.1, 0.15) is 0 Å². The highest BCUT2D eigenvalue weighted by Gasteiger charge is 2.15. The highest BCUT2D eigenvalue weighted by Crippen LogP contribution is 2.22. The fraction of sp³-hybridized carbons (Fsp3) is 0.300. The molecule has 0 unspecified atom stereocenters. The fourth-order valence-corrected chi connectivity index (χ4v) is 2.43. The Hall–Kier alpha value is -1.11. The number of hydroxylamine groups is 1. The largest absolute Gasteiger partial charge is 0.274 e. The Kier molecular flexibility index (Phi) is 4.50. The van der Waals surface area contributed by atoms with E-state index in [2.05, 4.69) is 5.48 Å². The summed E-state index contributed by atoms with van der Waals surface area (Å²) in [6, 6.07) is 4.00. The molecule has 0 bridgehead atoms. The van der Waals surface area contributed by atoms with Crippen LogP contribution >= 0.6 is 11.6 Å². The van der Waals surface area contributed by atoms with Crippen LogP contribution in [0.25, 0.3) is 0 Å². The third kappa shape index (κ3) is 3.69. The van der Waals surface area contributed by atoms with Crippen LogP contribution in [0.3, 0.4) is 0 Å². The first kappa shape index (κ1) is 14.0. The molecule has 0 atom stereocenters. The van der Waals surface area contributed by atoms with Crippen molar-refractivity contribution in [2.45, 2.75) is 11.8 Å². The number of hydrogen-bond donors (Lipinski definition) is 1. The summed E-state index contributed by atoms with van der Waals surface area (Å²) in [6.07, 6.45) is 1.03. The van der Waals surface area contributed by atoms with E-state index in [1.54, 1.807) is 6.92 Å².